The van der Waals surface area contributed by atoms with Gasteiger partial charge in [0.05, 0.1) is 13.2 Å². The van der Waals surface area contributed by atoms with Crippen molar-refractivity contribution in [1.82, 2.24) is 0 Å². The van der Waals surface area contributed by atoms with E-state index in [2.05, 4.69) is 15.9 Å². The molecule has 0 spiro atoms. The summed E-state index contributed by atoms with van der Waals surface area (Å²) < 4.78 is 31.9. The monoisotopic (exact) mass is 312 g/mol. The molecule has 0 saturated heterocycles. The number of ether oxygens (including phenoxy) is 1. The van der Waals surface area contributed by atoms with E-state index >= 15 is 0 Å². The Morgan fingerprint density at radius 2 is 1.61 bits per heavy atom. The van der Waals surface area contributed by atoms with Crippen LogP contribution in [0, 0.1) is 11.6 Å². The maximum atomic E-state index is 13.1. The second-order valence-corrected chi connectivity index (χ2v) is 4.69. The summed E-state index contributed by atoms with van der Waals surface area (Å²) in [6.45, 7) is 0.666. The van der Waals surface area contributed by atoms with E-state index in [-0.39, 0.29) is 6.61 Å². The minimum atomic E-state index is -0.867. The van der Waals surface area contributed by atoms with Crippen LogP contribution in [0.15, 0.2) is 46.9 Å². The lowest BCUT2D eigenvalue weighted by Crippen LogP contribution is -1.97. The third-order valence-electron chi connectivity index (χ3n) is 2.46. The summed E-state index contributed by atoms with van der Waals surface area (Å²) >= 11 is 3.18. The Bertz CT molecular complexity index is 529. The first-order valence-electron chi connectivity index (χ1n) is 5.42. The molecule has 0 heterocycles. The highest BCUT2D eigenvalue weighted by atomic mass is 79.9. The Morgan fingerprint density at radius 1 is 0.944 bits per heavy atom. The molecule has 0 aromatic heterocycles. The van der Waals surface area contributed by atoms with Gasteiger partial charge in [-0.1, -0.05) is 46.3 Å². The van der Waals surface area contributed by atoms with E-state index in [1.807, 2.05) is 30.3 Å². The number of hydrogen-bond donors (Lipinski definition) is 0. The molecule has 0 N–H and O–H groups in total. The first kappa shape index (κ1) is 13.2. The summed E-state index contributed by atoms with van der Waals surface area (Å²) in [6, 6.07) is 11.9. The quantitative estimate of drug-likeness (QED) is 0.758. The molecule has 0 amide bonds. The van der Waals surface area contributed by atoms with Crippen LogP contribution in [-0.2, 0) is 18.0 Å². The molecule has 0 unspecified atom stereocenters. The second kappa shape index (κ2) is 6.07. The molecule has 94 valence electrons. The largest absolute Gasteiger partial charge is 0.372 e. The number of halogens is 3. The summed E-state index contributed by atoms with van der Waals surface area (Å²) in [7, 11) is 0. The van der Waals surface area contributed by atoms with Gasteiger partial charge in [-0.3, -0.25) is 0 Å². The molecule has 2 rings (SSSR count). The van der Waals surface area contributed by atoms with Gasteiger partial charge in [-0.2, -0.15) is 0 Å². The van der Waals surface area contributed by atoms with Crippen molar-refractivity contribution in [2.24, 2.45) is 0 Å². The minimum Gasteiger partial charge on any atom is -0.372 e. The lowest BCUT2D eigenvalue weighted by molar-refractivity contribution is 0.106. The van der Waals surface area contributed by atoms with Crippen molar-refractivity contribution in [3.8, 4) is 0 Å². The molecule has 1 nitrogen and oxygen atoms in total. The lowest BCUT2D eigenvalue weighted by atomic mass is 10.2. The summed E-state index contributed by atoms with van der Waals surface area (Å²) in [4.78, 5) is 0. The molecule has 2 aromatic carbocycles. The normalized spacial score (nSPS) is 10.6. The number of hydrogen-bond acceptors (Lipinski definition) is 1. The van der Waals surface area contributed by atoms with Crippen molar-refractivity contribution < 1.29 is 13.5 Å². The van der Waals surface area contributed by atoms with Gasteiger partial charge in [-0.25, -0.2) is 8.78 Å². The van der Waals surface area contributed by atoms with Crippen molar-refractivity contribution in [3.05, 3.63) is 69.7 Å². The zero-order chi connectivity index (χ0) is 13.0. The number of rotatable bonds is 4. The fraction of sp³-hybridized carbons (Fsp3) is 0.143. The maximum absolute atomic E-state index is 13.1. The first-order chi connectivity index (χ1) is 8.66. The van der Waals surface area contributed by atoms with Crippen LogP contribution in [0.3, 0.4) is 0 Å². The molecular formula is C14H11BrF2O. The van der Waals surface area contributed by atoms with E-state index in [0.717, 1.165) is 17.7 Å². The van der Waals surface area contributed by atoms with Crippen molar-refractivity contribution in [2.75, 3.05) is 0 Å². The molecule has 4 heteroatoms. The van der Waals surface area contributed by atoms with E-state index in [0.29, 0.717) is 16.6 Å². The maximum Gasteiger partial charge on any atom is 0.159 e. The van der Waals surface area contributed by atoms with Crippen LogP contribution in [0.5, 0.6) is 0 Å². The summed E-state index contributed by atoms with van der Waals surface area (Å²) in [6.07, 6.45) is 0. The van der Waals surface area contributed by atoms with Crippen LogP contribution < -0.4 is 0 Å². The minimum absolute atomic E-state index is 0.229. The smallest absolute Gasteiger partial charge is 0.159 e. The third-order valence-corrected chi connectivity index (χ3v) is 3.20. The van der Waals surface area contributed by atoms with Gasteiger partial charge in [0, 0.05) is 4.47 Å². The zero-order valence-electron chi connectivity index (χ0n) is 9.50. The number of benzene rings is 2. The highest BCUT2D eigenvalue weighted by molar-refractivity contribution is 9.10. The average molecular weight is 313 g/mol. The molecule has 0 aliphatic rings. The van der Waals surface area contributed by atoms with Crippen molar-refractivity contribution >= 4 is 15.9 Å². The Hall–Kier alpha value is -1.26. The van der Waals surface area contributed by atoms with Gasteiger partial charge >= 0.3 is 0 Å². The van der Waals surface area contributed by atoms with Gasteiger partial charge < -0.3 is 4.74 Å². The topological polar surface area (TPSA) is 9.23 Å². The van der Waals surface area contributed by atoms with Crippen LogP contribution in [0.2, 0.25) is 0 Å². The third kappa shape index (κ3) is 3.37. The van der Waals surface area contributed by atoms with Gasteiger partial charge in [0.1, 0.15) is 0 Å². The van der Waals surface area contributed by atoms with Crippen LogP contribution >= 0.6 is 15.9 Å². The van der Waals surface area contributed by atoms with Crippen LogP contribution in [0.1, 0.15) is 11.1 Å². The summed E-state index contributed by atoms with van der Waals surface area (Å²) in [5.41, 5.74) is 1.63. The van der Waals surface area contributed by atoms with Crippen LogP contribution in [-0.4, -0.2) is 0 Å². The molecule has 0 atom stereocenters. The molecule has 2 aromatic rings. The van der Waals surface area contributed by atoms with Crippen molar-refractivity contribution in [1.29, 1.82) is 0 Å². The zero-order valence-corrected chi connectivity index (χ0v) is 11.1. The predicted molar refractivity (Wildman–Crippen MR) is 69.0 cm³/mol. The van der Waals surface area contributed by atoms with E-state index in [1.54, 1.807) is 0 Å². The summed E-state index contributed by atoms with van der Waals surface area (Å²) in [5.74, 6) is -1.73. The van der Waals surface area contributed by atoms with E-state index in [4.69, 9.17) is 4.74 Å². The lowest BCUT2D eigenvalue weighted by Gasteiger charge is -2.07. The molecule has 18 heavy (non-hydrogen) atoms. The molecule has 0 aliphatic carbocycles. The Balaban J connectivity index is 1.97. The van der Waals surface area contributed by atoms with E-state index < -0.39 is 11.6 Å². The Kier molecular flexibility index (Phi) is 4.44. The van der Waals surface area contributed by atoms with Gasteiger partial charge in [0.15, 0.2) is 11.6 Å². The van der Waals surface area contributed by atoms with Crippen LogP contribution in [0.25, 0.3) is 0 Å². The van der Waals surface area contributed by atoms with Gasteiger partial charge in [-0.05, 0) is 23.3 Å². The van der Waals surface area contributed by atoms with Gasteiger partial charge in [0.25, 0.3) is 0 Å². The average Bonchev–Trinajstić information content (AvgIpc) is 2.37. The molecule has 0 radical (unpaired) electrons. The second-order valence-electron chi connectivity index (χ2n) is 3.84. The van der Waals surface area contributed by atoms with Gasteiger partial charge in [0.2, 0.25) is 0 Å². The fourth-order valence-corrected chi connectivity index (χ4v) is 1.96. The fourth-order valence-electron chi connectivity index (χ4n) is 1.53. The van der Waals surface area contributed by atoms with Crippen LogP contribution in [0.4, 0.5) is 8.78 Å². The molecule has 0 fully saturated rings. The highest BCUT2D eigenvalue weighted by Gasteiger charge is 2.08. The molecule has 0 aliphatic heterocycles. The molecule has 0 bridgehead atoms. The standard InChI is InChI=1S/C14H11BrF2O/c15-12-7-14(17)13(16)6-11(12)9-18-8-10-4-2-1-3-5-10/h1-7H,8-9H2. The molecule has 0 saturated carbocycles. The first-order valence-corrected chi connectivity index (χ1v) is 6.21. The Morgan fingerprint density at radius 3 is 2.33 bits per heavy atom. The Labute approximate surface area is 113 Å². The van der Waals surface area contributed by atoms with E-state index in [9.17, 15) is 8.78 Å². The highest BCUT2D eigenvalue weighted by Crippen LogP contribution is 2.21. The molecular weight excluding hydrogens is 302 g/mol. The van der Waals surface area contributed by atoms with E-state index in [1.165, 1.54) is 0 Å². The predicted octanol–water partition coefficient (Wildman–Crippen LogP) is 4.44. The van der Waals surface area contributed by atoms with Crippen molar-refractivity contribution in [2.45, 2.75) is 13.2 Å². The van der Waals surface area contributed by atoms with Gasteiger partial charge in [-0.15, -0.1) is 0 Å². The summed E-state index contributed by atoms with van der Waals surface area (Å²) in [5, 5.41) is 0. The van der Waals surface area contributed by atoms with Crippen molar-refractivity contribution in [3.63, 3.8) is 0 Å². The SMILES string of the molecule is Fc1cc(Br)c(COCc2ccccc2)cc1F.